The second-order valence-electron chi connectivity index (χ2n) is 5.37. The molecule has 0 unspecified atom stereocenters. The Bertz CT molecular complexity index is 768. The smallest absolute Gasteiger partial charge is 0.375 e. The van der Waals surface area contributed by atoms with Crippen molar-refractivity contribution in [2.75, 3.05) is 13.6 Å². The number of hydrogen-bond acceptors (Lipinski definition) is 3. The van der Waals surface area contributed by atoms with Gasteiger partial charge in [0.15, 0.2) is 11.5 Å². The minimum atomic E-state index is -5.76. The first-order valence-corrected chi connectivity index (χ1v) is 8.94. The fourth-order valence-corrected chi connectivity index (χ4v) is 2.86. The average Bonchev–Trinajstić information content (AvgIpc) is 2.48. The summed E-state index contributed by atoms with van der Waals surface area (Å²) in [6, 6.07) is 5.71. The lowest BCUT2D eigenvalue weighted by atomic mass is 10.1. The van der Waals surface area contributed by atoms with Crippen LogP contribution in [0.2, 0.25) is 5.02 Å². The summed E-state index contributed by atoms with van der Waals surface area (Å²) in [5.74, 6) is -0.382. The molecular weight excluding hydrogens is 367 g/mol. The van der Waals surface area contributed by atoms with Gasteiger partial charge < -0.3 is 4.18 Å². The van der Waals surface area contributed by atoms with Gasteiger partial charge in [-0.25, -0.2) is 4.58 Å². The number of nitrogens with zero attached hydrogens (tertiary/aromatic N) is 1. The molecule has 0 aliphatic carbocycles. The molecular formula is C15H16ClF3NO3S+. The van der Waals surface area contributed by atoms with Gasteiger partial charge >= 0.3 is 15.6 Å². The Morgan fingerprint density at radius 3 is 2.42 bits per heavy atom. The molecule has 0 saturated carbocycles. The molecule has 1 aromatic rings. The van der Waals surface area contributed by atoms with Crippen molar-refractivity contribution in [1.82, 2.24) is 0 Å². The van der Waals surface area contributed by atoms with E-state index in [2.05, 4.69) is 4.18 Å². The van der Waals surface area contributed by atoms with Gasteiger partial charge in [0.25, 0.3) is 0 Å². The normalized spacial score (nSPS) is 17.1. The minimum absolute atomic E-state index is 0.193. The van der Waals surface area contributed by atoms with Crippen molar-refractivity contribution < 1.29 is 30.3 Å². The zero-order valence-electron chi connectivity index (χ0n) is 12.8. The van der Waals surface area contributed by atoms with Crippen LogP contribution in [0.4, 0.5) is 13.2 Å². The Morgan fingerprint density at radius 2 is 1.88 bits per heavy atom. The molecule has 1 aliphatic rings. The number of rotatable bonds is 4. The number of hydrogen-bond donors (Lipinski definition) is 0. The van der Waals surface area contributed by atoms with Crippen molar-refractivity contribution in [3.63, 3.8) is 0 Å². The molecule has 0 spiro atoms. The molecule has 0 N–H and O–H groups in total. The van der Waals surface area contributed by atoms with Gasteiger partial charge in [-0.3, -0.25) is 0 Å². The average molecular weight is 383 g/mol. The van der Waals surface area contributed by atoms with E-state index in [4.69, 9.17) is 11.6 Å². The van der Waals surface area contributed by atoms with Crippen LogP contribution in [-0.4, -0.2) is 37.8 Å². The monoisotopic (exact) mass is 382 g/mol. The number of allylic oxidation sites excluding steroid dienone is 1. The molecule has 1 aromatic carbocycles. The molecule has 24 heavy (non-hydrogen) atoms. The fraction of sp³-hybridized carbons (Fsp3) is 0.400. The third-order valence-electron chi connectivity index (χ3n) is 3.58. The topological polar surface area (TPSA) is 46.4 Å². The maximum absolute atomic E-state index is 12.7. The van der Waals surface area contributed by atoms with Crippen LogP contribution in [0.3, 0.4) is 0 Å². The maximum atomic E-state index is 12.7. The quantitative estimate of drug-likeness (QED) is 0.344. The van der Waals surface area contributed by atoms with E-state index in [0.29, 0.717) is 17.2 Å². The summed E-state index contributed by atoms with van der Waals surface area (Å²) in [5, 5.41) is 0.374. The second-order valence-corrected chi connectivity index (χ2v) is 7.34. The summed E-state index contributed by atoms with van der Waals surface area (Å²) in [6.07, 6.45) is 3.80. The Labute approximate surface area is 143 Å². The summed E-state index contributed by atoms with van der Waals surface area (Å²) in [6.45, 7) is 0.742. The van der Waals surface area contributed by atoms with E-state index in [1.54, 1.807) is 7.05 Å². The van der Waals surface area contributed by atoms with Crippen LogP contribution in [0.15, 0.2) is 30.3 Å². The number of alkyl halides is 3. The molecule has 0 bridgehead atoms. The molecule has 0 fully saturated rings. The van der Waals surface area contributed by atoms with Crippen molar-refractivity contribution in [2.24, 2.45) is 0 Å². The highest BCUT2D eigenvalue weighted by Gasteiger charge is 2.49. The SMILES string of the molecule is C[N+]1=C(/C=C(\OS(=O)(=O)C(F)(F)F)c2ccc(Cl)cc2)CCCC1. The predicted octanol–water partition coefficient (Wildman–Crippen LogP) is 3.81. The van der Waals surface area contributed by atoms with E-state index in [1.165, 1.54) is 30.3 Å². The van der Waals surface area contributed by atoms with Crippen LogP contribution in [0, 0.1) is 0 Å². The first-order valence-electron chi connectivity index (χ1n) is 7.15. The molecule has 1 aliphatic heterocycles. The highest BCUT2D eigenvalue weighted by Crippen LogP contribution is 2.30. The molecule has 9 heteroatoms. The molecule has 0 saturated heterocycles. The van der Waals surface area contributed by atoms with Crippen molar-refractivity contribution in [3.8, 4) is 0 Å². The van der Waals surface area contributed by atoms with Gasteiger partial charge in [-0.15, -0.1) is 0 Å². The maximum Gasteiger partial charge on any atom is 0.534 e. The van der Waals surface area contributed by atoms with Gasteiger partial charge in [0, 0.05) is 29.5 Å². The van der Waals surface area contributed by atoms with Crippen LogP contribution in [-0.2, 0) is 14.3 Å². The Morgan fingerprint density at radius 1 is 1.25 bits per heavy atom. The lowest BCUT2D eigenvalue weighted by molar-refractivity contribution is -0.502. The molecule has 4 nitrogen and oxygen atoms in total. The first-order chi connectivity index (χ1) is 11.1. The molecule has 0 aromatic heterocycles. The van der Waals surface area contributed by atoms with Gasteiger partial charge in [-0.2, -0.15) is 21.6 Å². The molecule has 0 radical (unpaired) electrons. The van der Waals surface area contributed by atoms with E-state index in [1.807, 2.05) is 4.58 Å². The van der Waals surface area contributed by atoms with Gasteiger partial charge in [-0.1, -0.05) is 11.6 Å². The summed E-state index contributed by atoms with van der Waals surface area (Å²) < 4.78 is 67.0. The summed E-state index contributed by atoms with van der Waals surface area (Å²) in [4.78, 5) is 0. The van der Waals surface area contributed by atoms with Gasteiger partial charge in [0.05, 0.1) is 0 Å². The van der Waals surface area contributed by atoms with E-state index in [-0.39, 0.29) is 11.3 Å². The van der Waals surface area contributed by atoms with Crippen molar-refractivity contribution in [2.45, 2.75) is 24.8 Å². The number of benzene rings is 1. The standard InChI is InChI=1S/C15H16ClF3NO3S/c1-20-9-3-2-4-13(20)10-14(11-5-7-12(16)8-6-11)23-24(21,22)15(17,18)19/h5-8,10H,2-4,9H2,1H3/q+1/b14-10-. The van der Waals surface area contributed by atoms with Gasteiger partial charge in [0.2, 0.25) is 0 Å². The molecule has 1 heterocycles. The number of halogens is 4. The van der Waals surface area contributed by atoms with Crippen LogP contribution >= 0.6 is 11.6 Å². The molecule has 2 rings (SSSR count). The molecule has 132 valence electrons. The zero-order chi connectivity index (χ0) is 18.0. The van der Waals surface area contributed by atoms with Crippen LogP contribution < -0.4 is 0 Å². The van der Waals surface area contributed by atoms with Crippen LogP contribution in [0.1, 0.15) is 24.8 Å². The predicted molar refractivity (Wildman–Crippen MR) is 85.4 cm³/mol. The van der Waals surface area contributed by atoms with Crippen LogP contribution in [0.5, 0.6) is 0 Å². The van der Waals surface area contributed by atoms with Crippen molar-refractivity contribution >= 4 is 33.2 Å². The fourth-order valence-electron chi connectivity index (χ4n) is 2.26. The highest BCUT2D eigenvalue weighted by molar-refractivity contribution is 7.87. The summed E-state index contributed by atoms with van der Waals surface area (Å²) in [5.41, 5.74) is -4.59. The summed E-state index contributed by atoms with van der Waals surface area (Å²) in [7, 11) is -3.96. The Balaban J connectivity index is 2.48. The van der Waals surface area contributed by atoms with E-state index < -0.39 is 15.6 Å². The second kappa shape index (κ2) is 7.14. The zero-order valence-corrected chi connectivity index (χ0v) is 14.4. The third kappa shape index (κ3) is 4.51. The Kier molecular flexibility index (Phi) is 5.59. The third-order valence-corrected chi connectivity index (χ3v) is 4.79. The van der Waals surface area contributed by atoms with Gasteiger partial charge in [-0.05, 0) is 30.7 Å². The summed E-state index contributed by atoms with van der Waals surface area (Å²) >= 11 is 5.77. The van der Waals surface area contributed by atoms with Crippen molar-refractivity contribution in [3.05, 3.63) is 40.9 Å². The van der Waals surface area contributed by atoms with E-state index in [0.717, 1.165) is 19.4 Å². The van der Waals surface area contributed by atoms with E-state index in [9.17, 15) is 21.6 Å². The highest BCUT2D eigenvalue weighted by atomic mass is 35.5. The Hall–Kier alpha value is -1.54. The minimum Gasteiger partial charge on any atom is -0.375 e. The molecule has 0 amide bonds. The van der Waals surface area contributed by atoms with Crippen LogP contribution in [0.25, 0.3) is 5.76 Å². The largest absolute Gasteiger partial charge is 0.534 e. The van der Waals surface area contributed by atoms with Crippen molar-refractivity contribution in [1.29, 1.82) is 0 Å². The van der Waals surface area contributed by atoms with Gasteiger partial charge in [0.1, 0.15) is 13.6 Å². The van der Waals surface area contributed by atoms with E-state index >= 15 is 0 Å². The lowest BCUT2D eigenvalue weighted by Crippen LogP contribution is -2.26. The molecule has 0 atom stereocenters. The first kappa shape index (κ1) is 18.8. The lowest BCUT2D eigenvalue weighted by Gasteiger charge is -2.14.